The Hall–Kier alpha value is -2.56. The van der Waals surface area contributed by atoms with Gasteiger partial charge in [-0.25, -0.2) is 0 Å². The lowest BCUT2D eigenvalue weighted by Crippen LogP contribution is -2.05. The van der Waals surface area contributed by atoms with Crippen molar-refractivity contribution in [3.05, 3.63) is 46.6 Å². The number of nitrogens with one attached hydrogen (secondary N) is 1. The van der Waals surface area contributed by atoms with Crippen molar-refractivity contribution in [2.75, 3.05) is 5.73 Å². The third kappa shape index (κ3) is 1.62. The Morgan fingerprint density at radius 3 is 2.79 bits per heavy atom. The van der Waals surface area contributed by atoms with Crippen LogP contribution in [0.4, 0.5) is 5.88 Å². The van der Waals surface area contributed by atoms with Crippen molar-refractivity contribution < 1.29 is 9.21 Å². The lowest BCUT2D eigenvalue weighted by atomic mass is 9.98. The van der Waals surface area contributed by atoms with Gasteiger partial charge < -0.3 is 10.2 Å². The van der Waals surface area contributed by atoms with Crippen LogP contribution >= 0.6 is 0 Å². The third-order valence-corrected chi connectivity index (χ3v) is 3.23. The minimum absolute atomic E-state index is 0.114. The molecular formula is C14H13N3O2. The first-order chi connectivity index (χ1) is 9.09. The highest BCUT2D eigenvalue weighted by atomic mass is 16.4. The molecule has 0 atom stereocenters. The van der Waals surface area contributed by atoms with Crippen molar-refractivity contribution in [1.82, 2.24) is 10.2 Å². The smallest absolute Gasteiger partial charge is 0.248 e. The Labute approximate surface area is 109 Å². The maximum absolute atomic E-state index is 12.6. The Balaban J connectivity index is 2.25. The van der Waals surface area contributed by atoms with E-state index in [1.807, 2.05) is 32.0 Å². The third-order valence-electron chi connectivity index (χ3n) is 3.23. The number of benzene rings is 1. The second-order valence-corrected chi connectivity index (χ2v) is 4.51. The van der Waals surface area contributed by atoms with Crippen molar-refractivity contribution in [1.29, 1.82) is 0 Å². The van der Waals surface area contributed by atoms with Crippen molar-refractivity contribution in [2.24, 2.45) is 0 Å². The number of aryl methyl sites for hydroxylation is 2. The summed E-state index contributed by atoms with van der Waals surface area (Å²) in [5.41, 5.74) is 8.86. The van der Waals surface area contributed by atoms with Gasteiger partial charge in [0.1, 0.15) is 0 Å². The van der Waals surface area contributed by atoms with Crippen LogP contribution in [0.1, 0.15) is 27.2 Å². The molecule has 0 unspecified atom stereocenters. The fourth-order valence-corrected chi connectivity index (χ4v) is 2.24. The van der Waals surface area contributed by atoms with E-state index in [0.717, 1.165) is 11.3 Å². The van der Waals surface area contributed by atoms with Crippen LogP contribution < -0.4 is 5.73 Å². The summed E-state index contributed by atoms with van der Waals surface area (Å²) in [6.07, 6.45) is 0. The van der Waals surface area contributed by atoms with Crippen LogP contribution in [0.3, 0.4) is 0 Å². The van der Waals surface area contributed by atoms with Crippen LogP contribution in [-0.2, 0) is 0 Å². The van der Waals surface area contributed by atoms with Crippen LogP contribution in [0, 0.1) is 13.8 Å². The molecule has 0 spiro atoms. The van der Waals surface area contributed by atoms with E-state index in [4.69, 9.17) is 10.2 Å². The summed E-state index contributed by atoms with van der Waals surface area (Å²) >= 11 is 0. The quantitative estimate of drug-likeness (QED) is 0.689. The van der Waals surface area contributed by atoms with Crippen molar-refractivity contribution in [2.45, 2.75) is 13.8 Å². The largest absolute Gasteiger partial charge is 0.420 e. The van der Waals surface area contributed by atoms with Gasteiger partial charge in [0.25, 0.3) is 0 Å². The number of anilines is 1. The van der Waals surface area contributed by atoms with E-state index in [-0.39, 0.29) is 11.7 Å². The molecule has 5 heteroatoms. The molecule has 19 heavy (non-hydrogen) atoms. The fourth-order valence-electron chi connectivity index (χ4n) is 2.24. The van der Waals surface area contributed by atoms with Crippen LogP contribution in [0.5, 0.6) is 0 Å². The molecule has 2 aromatic heterocycles. The Morgan fingerprint density at radius 2 is 2.05 bits per heavy atom. The maximum Gasteiger partial charge on any atom is 0.248 e. The molecule has 96 valence electrons. The monoisotopic (exact) mass is 255 g/mol. The minimum atomic E-state index is -0.140. The number of carbonyl (C=O) groups excluding carboxylic acids is 1. The van der Waals surface area contributed by atoms with E-state index in [1.54, 1.807) is 6.07 Å². The van der Waals surface area contributed by atoms with Gasteiger partial charge in [0.2, 0.25) is 11.6 Å². The van der Waals surface area contributed by atoms with Crippen LogP contribution in [0.25, 0.3) is 11.1 Å². The zero-order valence-electron chi connectivity index (χ0n) is 10.7. The number of ketones is 1. The van der Waals surface area contributed by atoms with Crippen LogP contribution in [-0.4, -0.2) is 16.0 Å². The van der Waals surface area contributed by atoms with Gasteiger partial charge in [0.15, 0.2) is 5.78 Å². The molecule has 2 heterocycles. The lowest BCUT2D eigenvalue weighted by molar-refractivity contribution is 0.104. The number of aromatic nitrogens is 2. The first kappa shape index (κ1) is 11.5. The van der Waals surface area contributed by atoms with E-state index in [2.05, 4.69) is 10.2 Å². The predicted octanol–water partition coefficient (Wildman–Crippen LogP) is 2.59. The number of H-pyrrole nitrogens is 1. The number of nitrogens with zero attached hydrogens (tertiary/aromatic N) is 1. The number of nitrogen functional groups attached to an aromatic ring is 1. The molecule has 1 aromatic carbocycles. The van der Waals surface area contributed by atoms with E-state index >= 15 is 0 Å². The molecule has 0 aliphatic heterocycles. The van der Waals surface area contributed by atoms with Gasteiger partial charge in [-0.1, -0.05) is 24.3 Å². The second-order valence-electron chi connectivity index (χ2n) is 4.51. The predicted molar refractivity (Wildman–Crippen MR) is 72.1 cm³/mol. The molecule has 0 aliphatic carbocycles. The number of fused-ring (bicyclic) bond motifs is 1. The maximum atomic E-state index is 12.6. The van der Waals surface area contributed by atoms with Gasteiger partial charge in [-0.2, -0.15) is 0 Å². The SMILES string of the molecule is Cc1ccccc1C(=O)c1c(N)oc2n[nH]c(C)c12. The van der Waals surface area contributed by atoms with Gasteiger partial charge in [-0.05, 0) is 19.4 Å². The molecular weight excluding hydrogens is 242 g/mol. The summed E-state index contributed by atoms with van der Waals surface area (Å²) in [5.74, 6) is -0.0262. The van der Waals surface area contributed by atoms with E-state index in [0.29, 0.717) is 22.2 Å². The van der Waals surface area contributed by atoms with Crippen LogP contribution in [0.2, 0.25) is 0 Å². The van der Waals surface area contributed by atoms with Gasteiger partial charge in [-0.3, -0.25) is 9.89 Å². The first-order valence-corrected chi connectivity index (χ1v) is 5.93. The second kappa shape index (κ2) is 3.98. The lowest BCUT2D eigenvalue weighted by Gasteiger charge is -2.03. The zero-order chi connectivity index (χ0) is 13.6. The highest BCUT2D eigenvalue weighted by Gasteiger charge is 2.24. The number of hydrogen-bond donors (Lipinski definition) is 2. The number of hydrogen-bond acceptors (Lipinski definition) is 4. The van der Waals surface area contributed by atoms with E-state index in [1.165, 1.54) is 0 Å². The Morgan fingerprint density at radius 1 is 1.32 bits per heavy atom. The summed E-state index contributed by atoms with van der Waals surface area (Å²) in [7, 11) is 0. The summed E-state index contributed by atoms with van der Waals surface area (Å²) in [4.78, 5) is 12.6. The number of aromatic amines is 1. The van der Waals surface area contributed by atoms with E-state index < -0.39 is 0 Å². The normalized spacial score (nSPS) is 11.1. The summed E-state index contributed by atoms with van der Waals surface area (Å²) in [6.45, 7) is 3.72. The number of rotatable bonds is 2. The molecule has 0 bridgehead atoms. The van der Waals surface area contributed by atoms with Crippen molar-refractivity contribution in [3.63, 3.8) is 0 Å². The number of furan rings is 1. The molecule has 5 nitrogen and oxygen atoms in total. The molecule has 0 amide bonds. The average Bonchev–Trinajstić information content (AvgIpc) is 2.89. The van der Waals surface area contributed by atoms with Crippen molar-refractivity contribution >= 4 is 22.8 Å². The van der Waals surface area contributed by atoms with Gasteiger partial charge >= 0.3 is 0 Å². The van der Waals surface area contributed by atoms with Crippen LogP contribution in [0.15, 0.2) is 28.7 Å². The molecule has 3 aromatic rings. The summed E-state index contributed by atoms with van der Waals surface area (Å²) in [6, 6.07) is 7.40. The number of carbonyl (C=O) groups is 1. The Kier molecular flexibility index (Phi) is 2.41. The topological polar surface area (TPSA) is 84.9 Å². The number of nitrogens with two attached hydrogens (primary N) is 1. The summed E-state index contributed by atoms with van der Waals surface area (Å²) < 4.78 is 5.32. The molecule has 0 saturated carbocycles. The molecule has 0 radical (unpaired) electrons. The first-order valence-electron chi connectivity index (χ1n) is 5.93. The molecule has 0 aliphatic rings. The zero-order valence-corrected chi connectivity index (χ0v) is 10.7. The molecule has 0 saturated heterocycles. The molecule has 3 N–H and O–H groups in total. The molecule has 3 rings (SSSR count). The van der Waals surface area contributed by atoms with Crippen molar-refractivity contribution in [3.8, 4) is 0 Å². The highest BCUT2D eigenvalue weighted by Crippen LogP contribution is 2.31. The fraction of sp³-hybridized carbons (Fsp3) is 0.143. The summed E-state index contributed by atoms with van der Waals surface area (Å²) in [5, 5.41) is 7.43. The minimum Gasteiger partial charge on any atom is -0.420 e. The van der Waals surface area contributed by atoms with Gasteiger partial charge in [0, 0.05) is 11.3 Å². The standard InChI is InChI=1S/C14H13N3O2/c1-7-5-3-4-6-9(7)12(18)11-10-8(2)16-17-14(10)19-13(11)15/h3-6H,15H2,1-2H3,(H,16,17). The van der Waals surface area contributed by atoms with Gasteiger partial charge in [0.05, 0.1) is 10.9 Å². The Bertz CT molecular complexity index is 783. The van der Waals surface area contributed by atoms with E-state index in [9.17, 15) is 4.79 Å². The highest BCUT2D eigenvalue weighted by molar-refractivity contribution is 6.19. The van der Waals surface area contributed by atoms with Gasteiger partial charge in [-0.15, -0.1) is 5.10 Å². The molecule has 0 fully saturated rings. The average molecular weight is 255 g/mol.